The molecule has 0 spiro atoms. The fraction of sp³-hybridized carbons (Fsp3) is 0.462. The zero-order valence-corrected chi connectivity index (χ0v) is 13.4. The summed E-state index contributed by atoms with van der Waals surface area (Å²) in [5.74, 6) is 0.306. The Kier molecular flexibility index (Phi) is 4.64. The SMILES string of the molecule is CC(C)(C)c1coc(CNC(=O)Nc2ncc(C(F)(F)F)s2)n1. The Balaban J connectivity index is 1.88. The first-order valence-electron chi connectivity index (χ1n) is 6.58. The molecule has 126 valence electrons. The second-order valence-electron chi connectivity index (χ2n) is 5.71. The van der Waals surface area contributed by atoms with Crippen LogP contribution in [0.1, 0.15) is 37.2 Å². The van der Waals surface area contributed by atoms with Crippen LogP contribution in [-0.2, 0) is 18.1 Å². The summed E-state index contributed by atoms with van der Waals surface area (Å²) >= 11 is 0.350. The number of thiazole rings is 1. The average Bonchev–Trinajstić information content (AvgIpc) is 3.03. The van der Waals surface area contributed by atoms with Crippen molar-refractivity contribution in [1.82, 2.24) is 15.3 Å². The lowest BCUT2D eigenvalue weighted by molar-refractivity contribution is -0.134. The number of oxazole rings is 1. The highest BCUT2D eigenvalue weighted by Gasteiger charge is 2.33. The highest BCUT2D eigenvalue weighted by atomic mass is 32.1. The fourth-order valence-electron chi connectivity index (χ4n) is 1.50. The minimum atomic E-state index is -4.48. The molecule has 0 aliphatic rings. The molecule has 0 aliphatic carbocycles. The van der Waals surface area contributed by atoms with Gasteiger partial charge in [0.25, 0.3) is 0 Å². The van der Waals surface area contributed by atoms with Crippen LogP contribution in [0.4, 0.5) is 23.1 Å². The van der Waals surface area contributed by atoms with E-state index in [9.17, 15) is 18.0 Å². The van der Waals surface area contributed by atoms with Crippen molar-refractivity contribution < 1.29 is 22.4 Å². The molecule has 2 aromatic rings. The molecule has 0 aromatic carbocycles. The van der Waals surface area contributed by atoms with E-state index in [4.69, 9.17) is 4.42 Å². The Morgan fingerprint density at radius 3 is 2.57 bits per heavy atom. The van der Waals surface area contributed by atoms with Crippen molar-refractivity contribution in [3.05, 3.63) is 28.9 Å². The van der Waals surface area contributed by atoms with Gasteiger partial charge in [-0.2, -0.15) is 13.2 Å². The summed E-state index contributed by atoms with van der Waals surface area (Å²) in [6.07, 6.45) is -2.30. The zero-order valence-electron chi connectivity index (χ0n) is 12.6. The zero-order chi connectivity index (χ0) is 17.3. The molecule has 0 unspecified atom stereocenters. The highest BCUT2D eigenvalue weighted by Crippen LogP contribution is 2.34. The van der Waals surface area contributed by atoms with Crippen LogP contribution in [0.3, 0.4) is 0 Å². The third-order valence-electron chi connectivity index (χ3n) is 2.73. The van der Waals surface area contributed by atoms with Crippen molar-refractivity contribution in [3.8, 4) is 0 Å². The Hall–Kier alpha value is -2.10. The molecule has 23 heavy (non-hydrogen) atoms. The maximum absolute atomic E-state index is 12.4. The van der Waals surface area contributed by atoms with E-state index in [1.807, 2.05) is 20.8 Å². The topological polar surface area (TPSA) is 80.0 Å². The number of aromatic nitrogens is 2. The molecule has 6 nitrogen and oxygen atoms in total. The van der Waals surface area contributed by atoms with Gasteiger partial charge in [0.15, 0.2) is 5.13 Å². The lowest BCUT2D eigenvalue weighted by atomic mass is 9.93. The van der Waals surface area contributed by atoms with Crippen LogP contribution in [0.5, 0.6) is 0 Å². The minimum Gasteiger partial charge on any atom is -0.447 e. The summed E-state index contributed by atoms with van der Waals surface area (Å²) < 4.78 is 42.5. The molecule has 2 rings (SSSR count). The van der Waals surface area contributed by atoms with E-state index >= 15 is 0 Å². The molecular weight excluding hydrogens is 333 g/mol. The van der Waals surface area contributed by atoms with Gasteiger partial charge < -0.3 is 9.73 Å². The molecule has 2 amide bonds. The number of alkyl halides is 3. The molecule has 0 aliphatic heterocycles. The summed E-state index contributed by atoms with van der Waals surface area (Å²) in [6.45, 7) is 5.92. The molecule has 2 heterocycles. The quantitative estimate of drug-likeness (QED) is 0.885. The van der Waals surface area contributed by atoms with E-state index in [0.717, 1.165) is 5.69 Å². The molecule has 0 bridgehead atoms. The van der Waals surface area contributed by atoms with Gasteiger partial charge in [-0.05, 0) is 0 Å². The van der Waals surface area contributed by atoms with Gasteiger partial charge in [-0.1, -0.05) is 32.1 Å². The number of nitrogens with one attached hydrogen (secondary N) is 2. The number of carbonyl (C=O) groups excluding carboxylic acids is 1. The van der Waals surface area contributed by atoms with Crippen molar-refractivity contribution in [2.75, 3.05) is 5.32 Å². The predicted molar refractivity (Wildman–Crippen MR) is 78.2 cm³/mol. The number of anilines is 1. The summed E-state index contributed by atoms with van der Waals surface area (Å²) in [7, 11) is 0. The van der Waals surface area contributed by atoms with Crippen molar-refractivity contribution >= 4 is 22.5 Å². The van der Waals surface area contributed by atoms with Gasteiger partial charge in [0.1, 0.15) is 11.1 Å². The standard InChI is InChI=1S/C13H15F3N4O2S/c1-12(2,3)7-6-22-9(19-7)5-17-10(21)20-11-18-4-8(23-11)13(14,15)16/h4,6H,5H2,1-3H3,(H2,17,18,20,21). The number of nitrogens with zero attached hydrogens (tertiary/aromatic N) is 2. The van der Waals surface area contributed by atoms with E-state index in [1.165, 1.54) is 6.26 Å². The smallest absolute Gasteiger partial charge is 0.427 e. The number of carbonyl (C=O) groups is 1. The van der Waals surface area contributed by atoms with Crippen molar-refractivity contribution in [2.24, 2.45) is 0 Å². The van der Waals surface area contributed by atoms with Gasteiger partial charge >= 0.3 is 12.2 Å². The number of hydrogen-bond acceptors (Lipinski definition) is 5. The van der Waals surface area contributed by atoms with Crippen LogP contribution in [0.2, 0.25) is 0 Å². The first kappa shape index (κ1) is 17.3. The van der Waals surface area contributed by atoms with Crippen LogP contribution in [-0.4, -0.2) is 16.0 Å². The van der Waals surface area contributed by atoms with Gasteiger partial charge in [0.2, 0.25) is 5.89 Å². The monoisotopic (exact) mass is 348 g/mol. The minimum absolute atomic E-state index is 0.0133. The van der Waals surface area contributed by atoms with Gasteiger partial charge in [-0.3, -0.25) is 5.32 Å². The fourth-order valence-corrected chi connectivity index (χ4v) is 2.18. The third kappa shape index (κ3) is 4.68. The van der Waals surface area contributed by atoms with E-state index in [0.29, 0.717) is 23.4 Å². The molecule has 2 aromatic heterocycles. The van der Waals surface area contributed by atoms with E-state index in [1.54, 1.807) is 0 Å². The number of amides is 2. The van der Waals surface area contributed by atoms with Crippen LogP contribution in [0.15, 0.2) is 16.9 Å². The number of halogens is 3. The number of urea groups is 1. The summed E-state index contributed by atoms with van der Waals surface area (Å²) in [6, 6.07) is -0.691. The molecular formula is C13H15F3N4O2S. The normalized spacial score (nSPS) is 12.3. The first-order chi connectivity index (χ1) is 10.6. The Bertz CT molecular complexity index is 688. The van der Waals surface area contributed by atoms with Gasteiger partial charge in [-0.15, -0.1) is 0 Å². The highest BCUT2D eigenvalue weighted by molar-refractivity contribution is 7.15. The van der Waals surface area contributed by atoms with Crippen molar-refractivity contribution in [2.45, 2.75) is 38.9 Å². The molecule has 0 radical (unpaired) electrons. The predicted octanol–water partition coefficient (Wildman–Crippen LogP) is 3.77. The largest absolute Gasteiger partial charge is 0.447 e. The Morgan fingerprint density at radius 1 is 1.35 bits per heavy atom. The van der Waals surface area contributed by atoms with Crippen LogP contribution in [0.25, 0.3) is 0 Å². The molecule has 0 atom stereocenters. The molecule has 0 fully saturated rings. The summed E-state index contributed by atoms with van der Waals surface area (Å²) in [5, 5.41) is 4.53. The third-order valence-corrected chi connectivity index (χ3v) is 3.68. The molecule has 0 saturated heterocycles. The maximum atomic E-state index is 12.4. The Morgan fingerprint density at radius 2 is 2.04 bits per heavy atom. The van der Waals surface area contributed by atoms with E-state index in [-0.39, 0.29) is 17.1 Å². The van der Waals surface area contributed by atoms with Crippen LogP contribution in [0, 0.1) is 0 Å². The summed E-state index contributed by atoms with van der Waals surface area (Å²) in [5.41, 5.74) is 0.559. The van der Waals surface area contributed by atoms with Crippen LogP contribution >= 0.6 is 11.3 Å². The lowest BCUT2D eigenvalue weighted by Gasteiger charge is -2.12. The second kappa shape index (κ2) is 6.19. The average molecular weight is 348 g/mol. The van der Waals surface area contributed by atoms with E-state index < -0.39 is 17.1 Å². The lowest BCUT2D eigenvalue weighted by Crippen LogP contribution is -2.28. The Labute approximate surface area is 134 Å². The second-order valence-corrected chi connectivity index (χ2v) is 6.74. The molecule has 10 heteroatoms. The number of rotatable bonds is 3. The molecule has 2 N–H and O–H groups in total. The molecule has 0 saturated carbocycles. The van der Waals surface area contributed by atoms with Gasteiger partial charge in [0.05, 0.1) is 18.4 Å². The summed E-state index contributed by atoms with van der Waals surface area (Å²) in [4.78, 5) is 18.5. The maximum Gasteiger partial charge on any atom is 0.427 e. The van der Waals surface area contributed by atoms with Gasteiger partial charge in [0, 0.05) is 5.41 Å². The number of hydrogen-bond donors (Lipinski definition) is 2. The van der Waals surface area contributed by atoms with E-state index in [2.05, 4.69) is 20.6 Å². The van der Waals surface area contributed by atoms with Crippen molar-refractivity contribution in [1.29, 1.82) is 0 Å². The first-order valence-corrected chi connectivity index (χ1v) is 7.40. The van der Waals surface area contributed by atoms with Crippen molar-refractivity contribution in [3.63, 3.8) is 0 Å². The van der Waals surface area contributed by atoms with Crippen LogP contribution < -0.4 is 10.6 Å². The van der Waals surface area contributed by atoms with Gasteiger partial charge in [-0.25, -0.2) is 14.8 Å².